The topological polar surface area (TPSA) is 43.4 Å². The molecular weight excluding hydrogens is 272 g/mol. The molecule has 0 N–H and O–H groups in total. The molecule has 3 nitrogen and oxygen atoms in total. The summed E-state index contributed by atoms with van der Waals surface area (Å²) >= 11 is 3.29. The van der Waals surface area contributed by atoms with Crippen molar-refractivity contribution in [3.63, 3.8) is 0 Å². The highest BCUT2D eigenvalue weighted by Gasteiger charge is 2.09. The van der Waals surface area contributed by atoms with Crippen molar-refractivity contribution in [2.24, 2.45) is 0 Å². The second kappa shape index (κ2) is 6.43. The molecule has 0 heterocycles. The number of rotatable bonds is 5. The molecule has 86 valence electrons. The molecule has 0 saturated carbocycles. The lowest BCUT2D eigenvalue weighted by Crippen LogP contribution is -2.07. The van der Waals surface area contributed by atoms with E-state index in [0.29, 0.717) is 12.2 Å². The van der Waals surface area contributed by atoms with E-state index < -0.39 is 0 Å². The maximum atomic E-state index is 11.6. The van der Waals surface area contributed by atoms with E-state index in [1.165, 1.54) is 0 Å². The van der Waals surface area contributed by atoms with Crippen LogP contribution in [-0.4, -0.2) is 18.4 Å². The summed E-state index contributed by atoms with van der Waals surface area (Å²) in [5.41, 5.74) is 0.618. The van der Waals surface area contributed by atoms with Crippen molar-refractivity contribution in [2.45, 2.75) is 19.8 Å². The zero-order valence-electron chi connectivity index (χ0n) is 9.03. The first-order valence-corrected chi connectivity index (χ1v) is 5.87. The first-order valence-electron chi connectivity index (χ1n) is 5.08. The Bertz CT molecular complexity index is 370. The van der Waals surface area contributed by atoms with E-state index in [9.17, 15) is 9.59 Å². The average molecular weight is 285 g/mol. The van der Waals surface area contributed by atoms with E-state index in [1.54, 1.807) is 31.2 Å². The maximum Gasteiger partial charge on any atom is 0.306 e. The summed E-state index contributed by atoms with van der Waals surface area (Å²) < 4.78 is 5.67. The highest BCUT2D eigenvalue weighted by molar-refractivity contribution is 9.10. The first-order chi connectivity index (χ1) is 7.63. The summed E-state index contributed by atoms with van der Waals surface area (Å²) in [5.74, 6) is -0.367. The van der Waals surface area contributed by atoms with Gasteiger partial charge in [0, 0.05) is 16.5 Å². The number of ether oxygens (including phenoxy) is 1. The molecule has 0 spiro atoms. The number of halogens is 1. The van der Waals surface area contributed by atoms with Crippen LogP contribution >= 0.6 is 15.9 Å². The van der Waals surface area contributed by atoms with Crippen LogP contribution in [0.5, 0.6) is 0 Å². The molecule has 0 aliphatic carbocycles. The van der Waals surface area contributed by atoms with Gasteiger partial charge < -0.3 is 4.74 Å². The molecule has 1 rings (SSSR count). The third-order valence-electron chi connectivity index (χ3n) is 2.03. The second-order valence-electron chi connectivity index (χ2n) is 3.24. The van der Waals surface area contributed by atoms with E-state index in [-0.39, 0.29) is 24.6 Å². The molecule has 0 aliphatic rings. The quantitative estimate of drug-likeness (QED) is 0.617. The van der Waals surface area contributed by atoms with Gasteiger partial charge in [0.25, 0.3) is 0 Å². The fourth-order valence-corrected chi connectivity index (χ4v) is 1.49. The van der Waals surface area contributed by atoms with Crippen molar-refractivity contribution >= 4 is 27.7 Å². The molecule has 0 unspecified atom stereocenters. The summed E-state index contributed by atoms with van der Waals surface area (Å²) in [6, 6.07) is 7.07. The van der Waals surface area contributed by atoms with Crippen LogP contribution in [0.25, 0.3) is 0 Å². The standard InChI is InChI=1S/C12H13BrO3/c1-2-16-12(15)8-7-11(14)9-3-5-10(13)6-4-9/h3-6H,2,7-8H2,1H3. The number of ketones is 1. The Hall–Kier alpha value is -1.16. The van der Waals surface area contributed by atoms with Crippen LogP contribution in [0.2, 0.25) is 0 Å². The SMILES string of the molecule is CCOC(=O)CCC(=O)c1ccc(Br)cc1. The van der Waals surface area contributed by atoms with Crippen molar-refractivity contribution in [1.29, 1.82) is 0 Å². The van der Waals surface area contributed by atoms with Gasteiger partial charge in [-0.15, -0.1) is 0 Å². The molecule has 0 aliphatic heterocycles. The van der Waals surface area contributed by atoms with Crippen LogP contribution in [0, 0.1) is 0 Å². The van der Waals surface area contributed by atoms with Crippen LogP contribution in [0.1, 0.15) is 30.1 Å². The van der Waals surface area contributed by atoms with Gasteiger partial charge in [0.1, 0.15) is 0 Å². The maximum absolute atomic E-state index is 11.6. The minimum atomic E-state index is -0.326. The van der Waals surface area contributed by atoms with Gasteiger partial charge in [-0.1, -0.05) is 28.1 Å². The number of hydrogen-bond donors (Lipinski definition) is 0. The number of hydrogen-bond acceptors (Lipinski definition) is 3. The minimum Gasteiger partial charge on any atom is -0.466 e. The predicted molar refractivity (Wildman–Crippen MR) is 64.3 cm³/mol. The van der Waals surface area contributed by atoms with Crippen LogP contribution in [0.3, 0.4) is 0 Å². The van der Waals surface area contributed by atoms with Gasteiger partial charge >= 0.3 is 5.97 Å². The Kier molecular flexibility index (Phi) is 5.19. The molecule has 0 saturated heterocycles. The summed E-state index contributed by atoms with van der Waals surface area (Å²) in [6.07, 6.45) is 0.337. The highest BCUT2D eigenvalue weighted by atomic mass is 79.9. The van der Waals surface area contributed by atoms with Crippen LogP contribution in [0.15, 0.2) is 28.7 Å². The van der Waals surface area contributed by atoms with Crippen molar-refractivity contribution < 1.29 is 14.3 Å². The van der Waals surface area contributed by atoms with Gasteiger partial charge in [0.15, 0.2) is 5.78 Å². The Labute approximate surface area is 103 Å². The second-order valence-corrected chi connectivity index (χ2v) is 4.15. The molecule has 0 amide bonds. The fourth-order valence-electron chi connectivity index (χ4n) is 1.23. The van der Waals surface area contributed by atoms with Crippen molar-refractivity contribution in [3.05, 3.63) is 34.3 Å². The summed E-state index contributed by atoms with van der Waals surface area (Å²) in [7, 11) is 0. The molecule has 1 aromatic carbocycles. The van der Waals surface area contributed by atoms with Gasteiger partial charge in [-0.2, -0.15) is 0 Å². The minimum absolute atomic E-state index is 0.0412. The Balaban J connectivity index is 2.47. The number of benzene rings is 1. The number of carbonyl (C=O) groups is 2. The molecule has 4 heteroatoms. The Morgan fingerprint density at radius 3 is 2.38 bits per heavy atom. The molecule has 0 bridgehead atoms. The third kappa shape index (κ3) is 4.14. The zero-order chi connectivity index (χ0) is 12.0. The summed E-state index contributed by atoms with van der Waals surface area (Å²) in [4.78, 5) is 22.7. The number of carbonyl (C=O) groups excluding carboxylic acids is 2. The fraction of sp³-hybridized carbons (Fsp3) is 0.333. The van der Waals surface area contributed by atoms with Gasteiger partial charge in [0.05, 0.1) is 13.0 Å². The van der Waals surface area contributed by atoms with Crippen LogP contribution in [-0.2, 0) is 9.53 Å². The van der Waals surface area contributed by atoms with E-state index in [4.69, 9.17) is 4.74 Å². The molecule has 0 radical (unpaired) electrons. The van der Waals surface area contributed by atoms with E-state index in [0.717, 1.165) is 4.47 Å². The van der Waals surface area contributed by atoms with Crippen molar-refractivity contribution in [3.8, 4) is 0 Å². The Morgan fingerprint density at radius 1 is 1.19 bits per heavy atom. The Morgan fingerprint density at radius 2 is 1.81 bits per heavy atom. The highest BCUT2D eigenvalue weighted by Crippen LogP contribution is 2.12. The summed E-state index contributed by atoms with van der Waals surface area (Å²) in [5, 5.41) is 0. The molecular formula is C12H13BrO3. The molecule has 16 heavy (non-hydrogen) atoms. The largest absolute Gasteiger partial charge is 0.466 e. The lowest BCUT2D eigenvalue weighted by Gasteiger charge is -2.02. The van der Waals surface area contributed by atoms with Crippen molar-refractivity contribution in [1.82, 2.24) is 0 Å². The molecule has 1 aromatic rings. The van der Waals surface area contributed by atoms with E-state index in [2.05, 4.69) is 15.9 Å². The normalized spacial score (nSPS) is 9.88. The van der Waals surface area contributed by atoms with Gasteiger partial charge in [0.2, 0.25) is 0 Å². The summed E-state index contributed by atoms with van der Waals surface area (Å²) in [6.45, 7) is 2.10. The smallest absolute Gasteiger partial charge is 0.306 e. The van der Waals surface area contributed by atoms with Crippen molar-refractivity contribution in [2.75, 3.05) is 6.61 Å². The lowest BCUT2D eigenvalue weighted by atomic mass is 10.1. The van der Waals surface area contributed by atoms with E-state index in [1.807, 2.05) is 0 Å². The monoisotopic (exact) mass is 284 g/mol. The third-order valence-corrected chi connectivity index (χ3v) is 2.56. The number of esters is 1. The average Bonchev–Trinajstić information content (AvgIpc) is 2.27. The lowest BCUT2D eigenvalue weighted by molar-refractivity contribution is -0.143. The van der Waals surface area contributed by atoms with Gasteiger partial charge in [-0.3, -0.25) is 9.59 Å². The van der Waals surface area contributed by atoms with Crippen LogP contribution < -0.4 is 0 Å². The number of Topliss-reactive ketones (excluding diaryl/α,β-unsaturated/α-hetero) is 1. The predicted octanol–water partition coefficient (Wildman–Crippen LogP) is 2.98. The first kappa shape index (κ1) is 12.9. The molecule has 0 fully saturated rings. The van der Waals surface area contributed by atoms with Gasteiger partial charge in [-0.05, 0) is 19.1 Å². The van der Waals surface area contributed by atoms with Crippen LogP contribution in [0.4, 0.5) is 0 Å². The molecule has 0 atom stereocenters. The zero-order valence-corrected chi connectivity index (χ0v) is 10.6. The van der Waals surface area contributed by atoms with Gasteiger partial charge in [-0.25, -0.2) is 0 Å². The molecule has 0 aromatic heterocycles. The van der Waals surface area contributed by atoms with E-state index >= 15 is 0 Å².